The third kappa shape index (κ3) is 5.27. The molecule has 0 aliphatic heterocycles. The number of carbonyl (C=O) groups excluding carboxylic acids is 1. The lowest BCUT2D eigenvalue weighted by Crippen LogP contribution is -2.27. The normalized spacial score (nSPS) is 12.4. The molecule has 1 N–H and O–H groups in total. The van der Waals surface area contributed by atoms with Gasteiger partial charge >= 0.3 is 5.97 Å². The smallest absolute Gasteiger partial charge is 0.343 e. The molecule has 0 aromatic heterocycles. The number of benzene rings is 2. The quantitative estimate of drug-likeness (QED) is 0.711. The summed E-state index contributed by atoms with van der Waals surface area (Å²) in [5.41, 5.74) is 0.601. The van der Waals surface area contributed by atoms with Gasteiger partial charge in [0.1, 0.15) is 0 Å². The summed E-state index contributed by atoms with van der Waals surface area (Å²) < 4.78 is 50.5. The Labute approximate surface area is 152 Å². The Morgan fingerprint density at radius 3 is 2.50 bits per heavy atom. The molecule has 0 saturated carbocycles. The SMILES string of the molecule is COC(=O)COc1ccc(C(C)CNS(=O)(=O)c2ccccc2)cc1F. The number of hydrogen-bond acceptors (Lipinski definition) is 5. The van der Waals surface area contributed by atoms with E-state index in [1.807, 2.05) is 0 Å². The highest BCUT2D eigenvalue weighted by Crippen LogP contribution is 2.23. The monoisotopic (exact) mass is 381 g/mol. The fourth-order valence-corrected chi connectivity index (χ4v) is 3.32. The van der Waals surface area contributed by atoms with Crippen molar-refractivity contribution >= 4 is 16.0 Å². The van der Waals surface area contributed by atoms with Crippen molar-refractivity contribution in [2.45, 2.75) is 17.7 Å². The molecular formula is C18H20FNO5S. The van der Waals surface area contributed by atoms with Crippen LogP contribution in [0.3, 0.4) is 0 Å². The molecule has 0 aliphatic carbocycles. The zero-order valence-corrected chi connectivity index (χ0v) is 15.3. The molecule has 0 amide bonds. The lowest BCUT2D eigenvalue weighted by Gasteiger charge is -2.15. The first-order valence-electron chi connectivity index (χ1n) is 7.87. The molecule has 0 heterocycles. The van der Waals surface area contributed by atoms with E-state index < -0.39 is 21.8 Å². The van der Waals surface area contributed by atoms with Gasteiger partial charge in [0.05, 0.1) is 12.0 Å². The maximum Gasteiger partial charge on any atom is 0.343 e. The van der Waals surface area contributed by atoms with Crippen LogP contribution in [0.15, 0.2) is 53.4 Å². The standard InChI is InChI=1S/C18H20FNO5S/c1-13(11-20-26(22,23)15-6-4-3-5-7-15)14-8-9-17(16(19)10-14)25-12-18(21)24-2/h3-10,13,20H,11-12H2,1-2H3. The average molecular weight is 381 g/mol. The molecule has 0 spiro atoms. The second kappa shape index (κ2) is 8.77. The van der Waals surface area contributed by atoms with Crippen LogP contribution >= 0.6 is 0 Å². The molecule has 0 radical (unpaired) electrons. The van der Waals surface area contributed by atoms with Crippen LogP contribution < -0.4 is 9.46 Å². The summed E-state index contributed by atoms with van der Waals surface area (Å²) in [6, 6.07) is 12.3. The first-order valence-corrected chi connectivity index (χ1v) is 9.35. The van der Waals surface area contributed by atoms with Gasteiger partial charge in [0.25, 0.3) is 0 Å². The van der Waals surface area contributed by atoms with E-state index in [-0.39, 0.29) is 29.7 Å². The van der Waals surface area contributed by atoms with E-state index in [9.17, 15) is 17.6 Å². The highest BCUT2D eigenvalue weighted by atomic mass is 32.2. The Hall–Kier alpha value is -2.45. The van der Waals surface area contributed by atoms with E-state index in [0.717, 1.165) is 0 Å². The van der Waals surface area contributed by atoms with Crippen molar-refractivity contribution in [3.63, 3.8) is 0 Å². The number of esters is 1. The number of sulfonamides is 1. The van der Waals surface area contributed by atoms with Gasteiger partial charge in [-0.3, -0.25) is 0 Å². The maximum absolute atomic E-state index is 14.1. The first kappa shape index (κ1) is 19.9. The number of methoxy groups -OCH3 is 1. The van der Waals surface area contributed by atoms with Crippen LogP contribution in [-0.4, -0.2) is 34.6 Å². The van der Waals surface area contributed by atoms with Crippen LogP contribution in [0.4, 0.5) is 4.39 Å². The van der Waals surface area contributed by atoms with Crippen LogP contribution in [-0.2, 0) is 19.6 Å². The summed E-state index contributed by atoms with van der Waals surface area (Å²) in [5, 5.41) is 0. The van der Waals surface area contributed by atoms with Gasteiger partial charge in [0.2, 0.25) is 10.0 Å². The lowest BCUT2D eigenvalue weighted by atomic mass is 10.0. The average Bonchev–Trinajstić information content (AvgIpc) is 2.65. The van der Waals surface area contributed by atoms with E-state index >= 15 is 0 Å². The predicted octanol–water partition coefficient (Wildman–Crippen LogP) is 2.46. The van der Waals surface area contributed by atoms with Crippen LogP contribution in [0.25, 0.3) is 0 Å². The molecule has 2 rings (SSSR count). The molecule has 8 heteroatoms. The Bertz CT molecular complexity index is 855. The molecule has 2 aromatic rings. The summed E-state index contributed by atoms with van der Waals surface area (Å²) in [4.78, 5) is 11.2. The highest BCUT2D eigenvalue weighted by molar-refractivity contribution is 7.89. The predicted molar refractivity (Wildman–Crippen MR) is 94.0 cm³/mol. The fraction of sp³-hybridized carbons (Fsp3) is 0.278. The van der Waals surface area contributed by atoms with E-state index in [1.165, 1.54) is 31.4 Å². The fourth-order valence-electron chi connectivity index (χ4n) is 2.17. The second-order valence-electron chi connectivity index (χ2n) is 5.62. The number of rotatable bonds is 8. The van der Waals surface area contributed by atoms with Gasteiger partial charge in [-0.25, -0.2) is 22.3 Å². The summed E-state index contributed by atoms with van der Waals surface area (Å²) in [6.45, 7) is 1.50. The van der Waals surface area contributed by atoms with Gasteiger partial charge in [0, 0.05) is 6.54 Å². The largest absolute Gasteiger partial charge is 0.479 e. The minimum absolute atomic E-state index is 0.0729. The Morgan fingerprint density at radius 1 is 1.19 bits per heavy atom. The number of ether oxygens (including phenoxy) is 2. The van der Waals surface area contributed by atoms with Gasteiger partial charge in [-0.05, 0) is 35.7 Å². The molecule has 1 unspecified atom stereocenters. The number of halogens is 1. The van der Waals surface area contributed by atoms with E-state index in [2.05, 4.69) is 9.46 Å². The van der Waals surface area contributed by atoms with Gasteiger partial charge < -0.3 is 9.47 Å². The number of carbonyl (C=O) groups is 1. The van der Waals surface area contributed by atoms with Crippen molar-refractivity contribution in [1.29, 1.82) is 0 Å². The molecule has 140 valence electrons. The highest BCUT2D eigenvalue weighted by Gasteiger charge is 2.16. The number of nitrogens with one attached hydrogen (secondary N) is 1. The van der Waals surface area contributed by atoms with E-state index in [0.29, 0.717) is 5.56 Å². The van der Waals surface area contributed by atoms with Gasteiger partial charge in [-0.15, -0.1) is 0 Å². The minimum Gasteiger partial charge on any atom is -0.479 e. The molecule has 0 aliphatic rings. The van der Waals surface area contributed by atoms with Gasteiger partial charge in [-0.1, -0.05) is 31.2 Å². The lowest BCUT2D eigenvalue weighted by molar-refractivity contribution is -0.142. The molecule has 2 aromatic carbocycles. The second-order valence-corrected chi connectivity index (χ2v) is 7.39. The van der Waals surface area contributed by atoms with Gasteiger partial charge in [0.15, 0.2) is 18.2 Å². The van der Waals surface area contributed by atoms with Crippen molar-refractivity contribution in [1.82, 2.24) is 4.72 Å². The molecular weight excluding hydrogens is 361 g/mol. The molecule has 0 saturated heterocycles. The van der Waals surface area contributed by atoms with E-state index in [1.54, 1.807) is 31.2 Å². The first-order chi connectivity index (χ1) is 12.3. The summed E-state index contributed by atoms with van der Waals surface area (Å²) in [7, 11) is -2.41. The Balaban J connectivity index is 2.00. The van der Waals surface area contributed by atoms with Crippen LogP contribution in [0.5, 0.6) is 5.75 Å². The summed E-state index contributed by atoms with van der Waals surface area (Å²) in [6.07, 6.45) is 0. The summed E-state index contributed by atoms with van der Waals surface area (Å²) in [5.74, 6) is -1.59. The Morgan fingerprint density at radius 2 is 1.88 bits per heavy atom. The van der Waals surface area contributed by atoms with Crippen LogP contribution in [0, 0.1) is 5.82 Å². The van der Waals surface area contributed by atoms with Crippen molar-refractivity contribution in [3.8, 4) is 5.75 Å². The minimum atomic E-state index is -3.62. The molecule has 26 heavy (non-hydrogen) atoms. The third-order valence-electron chi connectivity index (χ3n) is 3.73. The van der Waals surface area contributed by atoms with Crippen molar-refractivity contribution < 1.29 is 27.1 Å². The van der Waals surface area contributed by atoms with Crippen molar-refractivity contribution in [2.24, 2.45) is 0 Å². The van der Waals surface area contributed by atoms with Crippen LogP contribution in [0.1, 0.15) is 18.4 Å². The number of hydrogen-bond donors (Lipinski definition) is 1. The van der Waals surface area contributed by atoms with Crippen molar-refractivity contribution in [2.75, 3.05) is 20.3 Å². The van der Waals surface area contributed by atoms with Crippen molar-refractivity contribution in [3.05, 3.63) is 59.9 Å². The van der Waals surface area contributed by atoms with E-state index in [4.69, 9.17) is 4.74 Å². The maximum atomic E-state index is 14.1. The zero-order chi connectivity index (χ0) is 19.2. The summed E-state index contributed by atoms with van der Waals surface area (Å²) >= 11 is 0. The topological polar surface area (TPSA) is 81.7 Å². The van der Waals surface area contributed by atoms with Crippen LogP contribution in [0.2, 0.25) is 0 Å². The third-order valence-corrected chi connectivity index (χ3v) is 5.17. The Kier molecular flexibility index (Phi) is 6.70. The molecule has 0 bridgehead atoms. The molecule has 6 nitrogen and oxygen atoms in total. The molecule has 0 fully saturated rings. The zero-order valence-electron chi connectivity index (χ0n) is 14.4. The van der Waals surface area contributed by atoms with Gasteiger partial charge in [-0.2, -0.15) is 0 Å². The molecule has 1 atom stereocenters.